The highest BCUT2D eigenvalue weighted by Gasteiger charge is 2.36. The van der Waals surface area contributed by atoms with E-state index < -0.39 is 5.92 Å². The van der Waals surface area contributed by atoms with E-state index in [1.54, 1.807) is 4.68 Å². The van der Waals surface area contributed by atoms with Crippen molar-refractivity contribution in [3.8, 4) is 17.2 Å². The molecule has 4 rings (SSSR count). The van der Waals surface area contributed by atoms with Crippen LogP contribution >= 0.6 is 11.8 Å². The summed E-state index contributed by atoms with van der Waals surface area (Å²) < 4.78 is 1.57. The Labute approximate surface area is 203 Å². The van der Waals surface area contributed by atoms with Gasteiger partial charge in [0.1, 0.15) is 11.5 Å². The highest BCUT2D eigenvalue weighted by Crippen LogP contribution is 2.51. The molecule has 2 aromatic carbocycles. The maximum Gasteiger partial charge on any atom is 0.232 e. The number of rotatable bonds is 12. The number of aromatic nitrogens is 4. The largest absolute Gasteiger partial charge is 0.506 e. The van der Waals surface area contributed by atoms with Gasteiger partial charge in [-0.05, 0) is 46.8 Å². The zero-order valence-corrected chi connectivity index (χ0v) is 20.2. The van der Waals surface area contributed by atoms with Gasteiger partial charge in [-0.1, -0.05) is 76.5 Å². The number of nitrogens with zero attached hydrogens (tertiary/aromatic N) is 4. The molecule has 2 heterocycles. The van der Waals surface area contributed by atoms with E-state index in [9.17, 15) is 15.0 Å². The lowest BCUT2D eigenvalue weighted by Crippen LogP contribution is -2.12. The minimum atomic E-state index is -0.480. The number of nitrogens with one attached hydrogen (secondary N) is 1. The molecule has 180 valence electrons. The van der Waals surface area contributed by atoms with Gasteiger partial charge < -0.3 is 15.5 Å². The maximum atomic E-state index is 12.7. The third kappa shape index (κ3) is 5.35. The number of unbranched alkanes of at least 4 members (excludes halogenated alkanes) is 7. The monoisotopic (exact) mass is 481 g/mol. The molecule has 3 aromatic rings. The van der Waals surface area contributed by atoms with Gasteiger partial charge in [0.15, 0.2) is 0 Å². The van der Waals surface area contributed by atoms with Gasteiger partial charge in [0.25, 0.3) is 0 Å². The summed E-state index contributed by atoms with van der Waals surface area (Å²) in [6, 6.07) is 10.9. The van der Waals surface area contributed by atoms with Crippen molar-refractivity contribution in [1.82, 2.24) is 20.2 Å². The molecular weight excluding hydrogens is 450 g/mol. The number of hydrogen-bond donors (Lipinski definition) is 3. The minimum absolute atomic E-state index is 0.0108. The Kier molecular flexibility index (Phi) is 8.05. The second-order valence-electron chi connectivity index (χ2n) is 8.65. The molecule has 1 amide bonds. The van der Waals surface area contributed by atoms with Crippen molar-refractivity contribution >= 4 is 23.4 Å². The van der Waals surface area contributed by atoms with E-state index in [1.165, 1.54) is 38.2 Å². The van der Waals surface area contributed by atoms with Crippen molar-refractivity contribution in [2.24, 2.45) is 0 Å². The van der Waals surface area contributed by atoms with Crippen LogP contribution in [0.3, 0.4) is 0 Å². The Hall–Kier alpha value is -3.07. The van der Waals surface area contributed by atoms with Gasteiger partial charge in [0.05, 0.1) is 22.2 Å². The summed E-state index contributed by atoms with van der Waals surface area (Å²) in [5.41, 5.74) is 1.55. The van der Waals surface area contributed by atoms with Crippen molar-refractivity contribution in [2.45, 2.75) is 80.7 Å². The fraction of sp³-hybridized carbons (Fsp3) is 0.440. The van der Waals surface area contributed by atoms with Crippen LogP contribution in [0.1, 0.15) is 76.2 Å². The highest BCUT2D eigenvalue weighted by atomic mass is 32.2. The van der Waals surface area contributed by atoms with Gasteiger partial charge in [-0.2, -0.15) is 4.68 Å². The summed E-state index contributed by atoms with van der Waals surface area (Å²) in [4.78, 5) is 13.1. The van der Waals surface area contributed by atoms with E-state index in [1.807, 2.05) is 30.3 Å². The third-order valence-corrected chi connectivity index (χ3v) is 7.15. The molecule has 34 heavy (non-hydrogen) atoms. The molecule has 0 spiro atoms. The predicted octanol–water partition coefficient (Wildman–Crippen LogP) is 5.79. The number of para-hydroxylation sites is 1. The van der Waals surface area contributed by atoms with Crippen LogP contribution in [0.5, 0.6) is 11.5 Å². The number of carbonyl (C=O) groups is 1. The van der Waals surface area contributed by atoms with E-state index in [2.05, 4.69) is 27.8 Å². The molecule has 0 bridgehead atoms. The van der Waals surface area contributed by atoms with E-state index >= 15 is 0 Å². The van der Waals surface area contributed by atoms with Gasteiger partial charge in [0, 0.05) is 5.56 Å². The van der Waals surface area contributed by atoms with Gasteiger partial charge in [-0.3, -0.25) is 4.79 Å². The molecule has 0 saturated carbocycles. The van der Waals surface area contributed by atoms with Gasteiger partial charge in [-0.15, -0.1) is 5.10 Å². The summed E-state index contributed by atoms with van der Waals surface area (Å²) in [6.45, 7) is 2.22. The number of aromatic hydroxyl groups is 2. The number of fused-ring (bicyclic) bond motifs is 1. The molecule has 1 aliphatic heterocycles. The number of anilines is 1. The Bertz CT molecular complexity index is 1120. The van der Waals surface area contributed by atoms with Crippen LogP contribution in [0.15, 0.2) is 46.5 Å². The van der Waals surface area contributed by atoms with Gasteiger partial charge in [0.2, 0.25) is 11.1 Å². The van der Waals surface area contributed by atoms with E-state index in [4.69, 9.17) is 0 Å². The van der Waals surface area contributed by atoms with Crippen molar-refractivity contribution in [3.63, 3.8) is 0 Å². The smallest absolute Gasteiger partial charge is 0.232 e. The van der Waals surface area contributed by atoms with E-state index in [0.717, 1.165) is 36.7 Å². The van der Waals surface area contributed by atoms with Crippen molar-refractivity contribution in [2.75, 3.05) is 5.32 Å². The lowest BCUT2D eigenvalue weighted by Gasteiger charge is -2.14. The van der Waals surface area contributed by atoms with Crippen molar-refractivity contribution in [3.05, 3.63) is 42.0 Å². The first-order chi connectivity index (χ1) is 16.6. The van der Waals surface area contributed by atoms with Gasteiger partial charge in [-0.25, -0.2) is 0 Å². The average molecular weight is 482 g/mol. The van der Waals surface area contributed by atoms with Crippen LogP contribution in [0.2, 0.25) is 0 Å². The summed E-state index contributed by atoms with van der Waals surface area (Å²) in [5.74, 6) is -0.740. The summed E-state index contributed by atoms with van der Waals surface area (Å²) in [7, 11) is 0. The fourth-order valence-corrected chi connectivity index (χ4v) is 5.25. The fourth-order valence-electron chi connectivity index (χ4n) is 4.37. The minimum Gasteiger partial charge on any atom is -0.506 e. The maximum absolute atomic E-state index is 12.7. The predicted molar refractivity (Wildman–Crippen MR) is 132 cm³/mol. The molecule has 1 aliphatic rings. The summed E-state index contributed by atoms with van der Waals surface area (Å²) in [6.07, 6.45) is 10.0. The second kappa shape index (κ2) is 11.4. The molecule has 8 nitrogen and oxygen atoms in total. The lowest BCUT2D eigenvalue weighted by molar-refractivity contribution is -0.117. The SMILES string of the molecule is CCCCCCCCCCC1C(=O)Nc2c(O)cc(Sc3nnnn3-c3ccccc3)c(O)c21. The Morgan fingerprint density at radius 2 is 1.74 bits per heavy atom. The molecule has 1 aromatic heterocycles. The van der Waals surface area contributed by atoms with Crippen LogP contribution < -0.4 is 5.32 Å². The highest BCUT2D eigenvalue weighted by molar-refractivity contribution is 7.99. The van der Waals surface area contributed by atoms with Crippen LogP contribution in [0.25, 0.3) is 5.69 Å². The average Bonchev–Trinajstić information content (AvgIpc) is 3.44. The number of amides is 1. The van der Waals surface area contributed by atoms with Gasteiger partial charge >= 0.3 is 0 Å². The Balaban J connectivity index is 1.47. The molecule has 9 heteroatoms. The summed E-state index contributed by atoms with van der Waals surface area (Å²) in [5, 5.41) is 36.8. The number of benzene rings is 2. The molecule has 0 radical (unpaired) electrons. The second-order valence-corrected chi connectivity index (χ2v) is 9.66. The van der Waals surface area contributed by atoms with Crippen molar-refractivity contribution < 1.29 is 15.0 Å². The first-order valence-corrected chi connectivity index (χ1v) is 12.8. The third-order valence-electron chi connectivity index (χ3n) is 6.18. The topological polar surface area (TPSA) is 113 Å². The molecule has 0 aliphatic carbocycles. The van der Waals surface area contributed by atoms with Crippen LogP contribution in [-0.2, 0) is 4.79 Å². The Morgan fingerprint density at radius 1 is 1.03 bits per heavy atom. The van der Waals surface area contributed by atoms with Crippen LogP contribution in [-0.4, -0.2) is 36.3 Å². The molecule has 1 atom stereocenters. The van der Waals surface area contributed by atoms with E-state index in [0.29, 0.717) is 27.7 Å². The van der Waals surface area contributed by atoms with Crippen LogP contribution in [0, 0.1) is 0 Å². The number of tetrazole rings is 1. The van der Waals surface area contributed by atoms with Crippen molar-refractivity contribution in [1.29, 1.82) is 0 Å². The summed E-state index contributed by atoms with van der Waals surface area (Å²) >= 11 is 1.14. The number of phenolic OH excluding ortho intramolecular Hbond substituents is 2. The zero-order chi connectivity index (χ0) is 23.9. The molecule has 1 unspecified atom stereocenters. The number of carbonyl (C=O) groups excluding carboxylic acids is 1. The first-order valence-electron chi connectivity index (χ1n) is 12.0. The molecular formula is C25H31N5O3S. The number of hydrogen-bond acceptors (Lipinski definition) is 7. The van der Waals surface area contributed by atoms with Crippen LogP contribution in [0.4, 0.5) is 5.69 Å². The normalized spacial score (nSPS) is 14.9. The standard InChI is InChI=1S/C25H31N5O3S/c1-2-3-4-5-6-7-8-12-15-18-21-22(26-24(18)33)19(31)16-20(23(21)32)34-25-27-28-29-30(25)17-13-10-9-11-14-17/h9-11,13-14,16,18,31-32H,2-8,12,15H2,1H3,(H,26,33). The zero-order valence-electron chi connectivity index (χ0n) is 19.4. The lowest BCUT2D eigenvalue weighted by atomic mass is 9.93. The Morgan fingerprint density at radius 3 is 2.47 bits per heavy atom. The number of phenols is 2. The quantitative estimate of drug-likeness (QED) is 0.170. The molecule has 0 saturated heterocycles. The van der Waals surface area contributed by atoms with E-state index in [-0.39, 0.29) is 17.4 Å². The first kappa shape index (κ1) is 24.1. The molecule has 0 fully saturated rings. The molecule has 3 N–H and O–H groups in total.